The number of non-ortho nitro benzene ring substituents is 1. The minimum Gasteiger partial charge on any atom is -0.369 e. The van der Waals surface area contributed by atoms with E-state index in [4.69, 9.17) is 0 Å². The molecule has 17 heavy (non-hydrogen) atoms. The highest BCUT2D eigenvalue weighted by Crippen LogP contribution is 2.17. The number of hydrogen-bond acceptors (Lipinski definition) is 3. The van der Waals surface area contributed by atoms with E-state index in [-0.39, 0.29) is 11.3 Å². The molecule has 1 rings (SSSR count). The molecule has 0 aromatic heterocycles. The molecule has 6 heteroatoms. The fraction of sp³-hybridized carbons (Fsp3) is 0.273. The van der Waals surface area contributed by atoms with E-state index >= 15 is 0 Å². The summed E-state index contributed by atoms with van der Waals surface area (Å²) in [7, 11) is 3.47. The first-order valence-electron chi connectivity index (χ1n) is 4.92. The van der Waals surface area contributed by atoms with Crippen LogP contribution in [0.25, 0.3) is 0 Å². The van der Waals surface area contributed by atoms with Crippen molar-refractivity contribution in [2.24, 2.45) is 4.99 Å². The van der Waals surface area contributed by atoms with Crippen molar-refractivity contribution in [3.8, 4) is 0 Å². The lowest BCUT2D eigenvalue weighted by Gasteiger charge is -2.03. The summed E-state index contributed by atoms with van der Waals surface area (Å²) in [5, 5.41) is 10.6. The van der Waals surface area contributed by atoms with Crippen molar-refractivity contribution in [3.63, 3.8) is 0 Å². The molecule has 0 saturated carbocycles. The maximum Gasteiger partial charge on any atom is 0.278 e. The molecule has 0 spiro atoms. The van der Waals surface area contributed by atoms with Gasteiger partial charge in [-0.05, 0) is 12.5 Å². The third kappa shape index (κ3) is 3.37. The Labute approximate surface area is 98.7 Å². The van der Waals surface area contributed by atoms with Gasteiger partial charge in [-0.2, -0.15) is 4.99 Å². The third-order valence-electron chi connectivity index (χ3n) is 2.07. The summed E-state index contributed by atoms with van der Waals surface area (Å²) in [6.07, 6.45) is 1.36. The molecule has 0 fully saturated rings. The molecule has 0 unspecified atom stereocenters. The molecule has 1 amide bonds. The molecule has 0 bridgehead atoms. The Morgan fingerprint density at radius 3 is 2.65 bits per heavy atom. The van der Waals surface area contributed by atoms with Crippen molar-refractivity contribution in [1.29, 1.82) is 0 Å². The number of aryl methyl sites for hydroxylation is 1. The van der Waals surface area contributed by atoms with Crippen LogP contribution in [0.1, 0.15) is 15.9 Å². The highest BCUT2D eigenvalue weighted by molar-refractivity contribution is 6.00. The molecule has 1 aromatic rings. The molecule has 90 valence electrons. The second kappa shape index (κ2) is 5.20. The van der Waals surface area contributed by atoms with E-state index < -0.39 is 10.8 Å². The molecule has 0 radical (unpaired) electrons. The number of nitro benzene ring substituents is 1. The second-order valence-electron chi connectivity index (χ2n) is 3.77. The minimum atomic E-state index is -0.536. The SMILES string of the molecule is Cc1ccc([N+](=O)[O-])cc1C(=O)N=CN(C)C. The number of rotatable bonds is 3. The quantitative estimate of drug-likeness (QED) is 0.345. The van der Waals surface area contributed by atoms with Gasteiger partial charge >= 0.3 is 0 Å². The van der Waals surface area contributed by atoms with Gasteiger partial charge in [0.1, 0.15) is 0 Å². The van der Waals surface area contributed by atoms with Crippen LogP contribution in [0.3, 0.4) is 0 Å². The summed E-state index contributed by atoms with van der Waals surface area (Å²) >= 11 is 0. The molecular weight excluding hydrogens is 222 g/mol. The first-order valence-corrected chi connectivity index (χ1v) is 4.92. The highest BCUT2D eigenvalue weighted by atomic mass is 16.6. The third-order valence-corrected chi connectivity index (χ3v) is 2.07. The Balaban J connectivity index is 3.08. The molecular formula is C11H13N3O3. The van der Waals surface area contributed by atoms with Crippen LogP contribution in [0.15, 0.2) is 23.2 Å². The van der Waals surface area contributed by atoms with Gasteiger partial charge in [0.05, 0.1) is 16.8 Å². The molecule has 0 saturated heterocycles. The molecule has 0 aliphatic carbocycles. The number of nitrogens with zero attached hydrogens (tertiary/aromatic N) is 3. The number of nitro groups is 1. The van der Waals surface area contributed by atoms with Gasteiger partial charge in [-0.25, -0.2) is 0 Å². The Kier molecular flexibility index (Phi) is 3.92. The zero-order chi connectivity index (χ0) is 13.0. The summed E-state index contributed by atoms with van der Waals surface area (Å²) in [6, 6.07) is 4.14. The van der Waals surface area contributed by atoms with Crippen LogP contribution in [0.4, 0.5) is 5.69 Å². The second-order valence-corrected chi connectivity index (χ2v) is 3.77. The van der Waals surface area contributed by atoms with Gasteiger partial charge in [0.2, 0.25) is 0 Å². The van der Waals surface area contributed by atoms with Crippen molar-refractivity contribution >= 4 is 17.9 Å². The van der Waals surface area contributed by atoms with Crippen LogP contribution < -0.4 is 0 Å². The van der Waals surface area contributed by atoms with Gasteiger partial charge in [-0.1, -0.05) is 6.07 Å². The van der Waals surface area contributed by atoms with Gasteiger partial charge in [-0.15, -0.1) is 0 Å². The number of amides is 1. The van der Waals surface area contributed by atoms with Crippen molar-refractivity contribution in [1.82, 2.24) is 4.90 Å². The maximum atomic E-state index is 11.7. The fourth-order valence-electron chi connectivity index (χ4n) is 1.19. The molecule has 0 heterocycles. The van der Waals surface area contributed by atoms with Gasteiger partial charge in [0.25, 0.3) is 11.6 Å². The van der Waals surface area contributed by atoms with Crippen LogP contribution >= 0.6 is 0 Å². The smallest absolute Gasteiger partial charge is 0.278 e. The lowest BCUT2D eigenvalue weighted by Crippen LogP contribution is -2.10. The number of aliphatic imine (C=N–C) groups is 1. The number of carbonyl (C=O) groups excluding carboxylic acids is 1. The lowest BCUT2D eigenvalue weighted by atomic mass is 10.1. The average molecular weight is 235 g/mol. The minimum absolute atomic E-state index is 0.112. The monoisotopic (exact) mass is 235 g/mol. The molecule has 1 aromatic carbocycles. The van der Waals surface area contributed by atoms with Crippen molar-refractivity contribution < 1.29 is 9.72 Å². The van der Waals surface area contributed by atoms with Crippen LogP contribution in [-0.4, -0.2) is 36.2 Å². The summed E-state index contributed by atoms with van der Waals surface area (Å²) in [5.74, 6) is -0.486. The highest BCUT2D eigenvalue weighted by Gasteiger charge is 2.13. The van der Waals surface area contributed by atoms with Gasteiger partial charge in [0.15, 0.2) is 0 Å². The van der Waals surface area contributed by atoms with Crippen LogP contribution in [0.5, 0.6) is 0 Å². The molecule has 6 nitrogen and oxygen atoms in total. The van der Waals surface area contributed by atoms with E-state index in [1.807, 2.05) is 0 Å². The molecule has 0 aliphatic rings. The topological polar surface area (TPSA) is 75.8 Å². The van der Waals surface area contributed by atoms with E-state index in [9.17, 15) is 14.9 Å². The number of hydrogen-bond donors (Lipinski definition) is 0. The lowest BCUT2D eigenvalue weighted by molar-refractivity contribution is -0.384. The number of carbonyl (C=O) groups is 1. The number of benzene rings is 1. The van der Waals surface area contributed by atoms with Crippen molar-refractivity contribution in [2.75, 3.05) is 14.1 Å². The Morgan fingerprint density at radius 1 is 1.47 bits per heavy atom. The standard InChI is InChI=1S/C11H13N3O3/c1-8-4-5-9(14(16)17)6-10(8)11(15)12-7-13(2)3/h4-7H,1-3H3. The molecule has 0 N–H and O–H groups in total. The molecule has 0 aliphatic heterocycles. The van der Waals surface area contributed by atoms with E-state index in [1.165, 1.54) is 24.5 Å². The Morgan fingerprint density at radius 2 is 2.12 bits per heavy atom. The largest absolute Gasteiger partial charge is 0.369 e. The zero-order valence-corrected chi connectivity index (χ0v) is 9.88. The van der Waals surface area contributed by atoms with Crippen molar-refractivity contribution in [3.05, 3.63) is 39.4 Å². The zero-order valence-electron chi connectivity index (χ0n) is 9.88. The summed E-state index contributed by atoms with van der Waals surface area (Å²) in [6.45, 7) is 1.71. The van der Waals surface area contributed by atoms with Gasteiger partial charge < -0.3 is 4.90 Å². The van der Waals surface area contributed by atoms with Crippen LogP contribution in [-0.2, 0) is 0 Å². The first kappa shape index (κ1) is 12.8. The predicted molar refractivity (Wildman–Crippen MR) is 64.3 cm³/mol. The maximum absolute atomic E-state index is 11.7. The Bertz CT molecular complexity index is 481. The van der Waals surface area contributed by atoms with Crippen molar-refractivity contribution in [2.45, 2.75) is 6.92 Å². The van der Waals surface area contributed by atoms with Gasteiger partial charge in [-0.3, -0.25) is 14.9 Å². The first-order chi connectivity index (χ1) is 7.91. The van der Waals surface area contributed by atoms with E-state index in [1.54, 1.807) is 25.9 Å². The average Bonchev–Trinajstić information content (AvgIpc) is 2.26. The predicted octanol–water partition coefficient (Wildman–Crippen LogP) is 1.63. The van der Waals surface area contributed by atoms with Crippen LogP contribution in [0, 0.1) is 17.0 Å². The summed E-state index contributed by atoms with van der Waals surface area (Å²) in [4.78, 5) is 27.1. The summed E-state index contributed by atoms with van der Waals surface area (Å²) < 4.78 is 0. The van der Waals surface area contributed by atoms with E-state index in [2.05, 4.69) is 4.99 Å². The summed E-state index contributed by atoms with van der Waals surface area (Å²) in [5.41, 5.74) is 0.799. The normalized spacial score (nSPS) is 10.5. The van der Waals surface area contributed by atoms with E-state index in [0.29, 0.717) is 5.56 Å². The Hall–Kier alpha value is -2.24. The van der Waals surface area contributed by atoms with Gasteiger partial charge in [0, 0.05) is 26.2 Å². The van der Waals surface area contributed by atoms with E-state index in [0.717, 1.165) is 0 Å². The van der Waals surface area contributed by atoms with Crippen LogP contribution in [0.2, 0.25) is 0 Å². The fourth-order valence-corrected chi connectivity index (χ4v) is 1.19. The molecule has 0 atom stereocenters.